The molecule has 6 heteroatoms. The zero-order valence-corrected chi connectivity index (χ0v) is 15.4. The first-order valence-corrected chi connectivity index (χ1v) is 8.93. The topological polar surface area (TPSA) is 46.9 Å². The van der Waals surface area contributed by atoms with E-state index in [1.54, 1.807) is 0 Å². The van der Waals surface area contributed by atoms with E-state index in [0.29, 0.717) is 23.1 Å². The number of para-hydroxylation sites is 2. The smallest absolute Gasteiger partial charge is 0.216 e. The number of hydrogen-bond acceptors (Lipinski definition) is 2. The Labute approximate surface area is 156 Å². The average Bonchev–Trinajstić information content (AvgIpc) is 2.92. The monoisotopic (exact) mass is 375 g/mol. The third kappa shape index (κ3) is 4.14. The predicted octanol–water partition coefficient (Wildman–Crippen LogP) is 4.46. The van der Waals surface area contributed by atoms with E-state index in [1.807, 2.05) is 42.5 Å². The zero-order chi connectivity index (χ0) is 17.8. The Kier molecular flexibility index (Phi) is 5.61. The van der Waals surface area contributed by atoms with Gasteiger partial charge < -0.3 is 9.88 Å². The molecule has 1 heterocycles. The lowest BCUT2D eigenvalue weighted by Crippen LogP contribution is -2.21. The molecule has 4 nitrogen and oxygen atoms in total. The van der Waals surface area contributed by atoms with Gasteiger partial charge in [0.1, 0.15) is 5.82 Å². The molecule has 0 atom stereocenters. The third-order valence-corrected chi connectivity index (χ3v) is 4.77. The number of carbonyl (C=O) groups excluding carboxylic acids is 1. The second-order valence-corrected chi connectivity index (χ2v) is 6.70. The van der Waals surface area contributed by atoms with Crippen LogP contribution in [0.1, 0.15) is 24.7 Å². The van der Waals surface area contributed by atoms with Crippen LogP contribution in [0.15, 0.2) is 42.5 Å². The Bertz CT molecular complexity index is 885. The minimum atomic E-state index is -0.0173. The van der Waals surface area contributed by atoms with Gasteiger partial charge in [-0.15, -0.1) is 0 Å². The summed E-state index contributed by atoms with van der Waals surface area (Å²) in [6.45, 7) is 2.72. The number of aryl methyl sites for hydroxylation is 1. The molecular weight excluding hydrogens is 357 g/mol. The first kappa shape index (κ1) is 17.8. The molecule has 1 N–H and O–H groups in total. The van der Waals surface area contributed by atoms with E-state index in [9.17, 15) is 4.79 Å². The molecule has 0 spiro atoms. The van der Waals surface area contributed by atoms with Gasteiger partial charge in [-0.25, -0.2) is 4.98 Å². The molecule has 0 saturated heterocycles. The summed E-state index contributed by atoms with van der Waals surface area (Å²) in [5, 5.41) is 4.11. The van der Waals surface area contributed by atoms with Crippen molar-refractivity contribution >= 4 is 40.1 Å². The van der Waals surface area contributed by atoms with Crippen LogP contribution in [0.4, 0.5) is 0 Å². The maximum atomic E-state index is 11.0. The van der Waals surface area contributed by atoms with Crippen molar-refractivity contribution in [3.8, 4) is 0 Å². The maximum absolute atomic E-state index is 11.0. The summed E-state index contributed by atoms with van der Waals surface area (Å²) in [7, 11) is 0. The standard InChI is InChI=1S/C19H19Cl2N3O/c1-13(25)22-11-5-10-19-23-17-8-2-3-9-18(17)24(19)12-14-15(20)6-4-7-16(14)21/h2-4,6-9H,5,10-12H2,1H3,(H,22,25). The lowest BCUT2D eigenvalue weighted by Gasteiger charge is -2.12. The van der Waals surface area contributed by atoms with Crippen LogP contribution in [-0.4, -0.2) is 22.0 Å². The summed E-state index contributed by atoms with van der Waals surface area (Å²) in [4.78, 5) is 15.8. The lowest BCUT2D eigenvalue weighted by atomic mass is 10.2. The lowest BCUT2D eigenvalue weighted by molar-refractivity contribution is -0.118. The van der Waals surface area contributed by atoms with Crippen molar-refractivity contribution in [3.63, 3.8) is 0 Å². The highest BCUT2D eigenvalue weighted by atomic mass is 35.5. The maximum Gasteiger partial charge on any atom is 0.216 e. The number of benzene rings is 2. The van der Waals surface area contributed by atoms with Gasteiger partial charge in [0, 0.05) is 35.5 Å². The molecule has 0 aliphatic rings. The minimum absolute atomic E-state index is 0.0173. The largest absolute Gasteiger partial charge is 0.356 e. The Balaban J connectivity index is 1.92. The number of nitrogens with zero attached hydrogens (tertiary/aromatic N) is 2. The number of halogens is 2. The molecule has 25 heavy (non-hydrogen) atoms. The number of amides is 1. The molecule has 130 valence electrons. The van der Waals surface area contributed by atoms with Gasteiger partial charge >= 0.3 is 0 Å². The van der Waals surface area contributed by atoms with Crippen molar-refractivity contribution in [1.29, 1.82) is 0 Å². The molecule has 2 aromatic carbocycles. The molecule has 0 bridgehead atoms. The number of rotatable bonds is 6. The molecule has 0 radical (unpaired) electrons. The van der Waals surface area contributed by atoms with Crippen LogP contribution in [0.25, 0.3) is 11.0 Å². The van der Waals surface area contributed by atoms with Gasteiger partial charge in [-0.05, 0) is 30.7 Å². The van der Waals surface area contributed by atoms with E-state index in [2.05, 4.69) is 9.88 Å². The Morgan fingerprint density at radius 3 is 2.56 bits per heavy atom. The minimum Gasteiger partial charge on any atom is -0.356 e. The molecule has 0 unspecified atom stereocenters. The zero-order valence-electron chi connectivity index (χ0n) is 13.9. The Morgan fingerprint density at radius 1 is 1.12 bits per heavy atom. The molecule has 1 aromatic heterocycles. The first-order valence-electron chi connectivity index (χ1n) is 8.17. The van der Waals surface area contributed by atoms with E-state index in [-0.39, 0.29) is 5.91 Å². The van der Waals surface area contributed by atoms with Crippen LogP contribution in [-0.2, 0) is 17.8 Å². The number of carbonyl (C=O) groups is 1. The van der Waals surface area contributed by atoms with Crippen LogP contribution < -0.4 is 5.32 Å². The molecule has 0 aliphatic carbocycles. The van der Waals surface area contributed by atoms with E-state index >= 15 is 0 Å². The van der Waals surface area contributed by atoms with Crippen LogP contribution >= 0.6 is 23.2 Å². The summed E-state index contributed by atoms with van der Waals surface area (Å²) in [5.41, 5.74) is 2.88. The molecular formula is C19H19Cl2N3O. The molecule has 3 rings (SSSR count). The average molecular weight is 376 g/mol. The van der Waals surface area contributed by atoms with E-state index in [1.165, 1.54) is 6.92 Å². The normalized spacial score (nSPS) is 11.0. The second-order valence-electron chi connectivity index (χ2n) is 5.89. The Hall–Kier alpha value is -2.04. The molecule has 3 aromatic rings. The summed E-state index contributed by atoms with van der Waals surface area (Å²) >= 11 is 12.7. The van der Waals surface area contributed by atoms with Crippen LogP contribution in [0.2, 0.25) is 10.0 Å². The second kappa shape index (κ2) is 7.89. The SMILES string of the molecule is CC(=O)NCCCc1nc2ccccc2n1Cc1c(Cl)cccc1Cl. The van der Waals surface area contributed by atoms with E-state index in [0.717, 1.165) is 35.3 Å². The molecule has 1 amide bonds. The van der Waals surface area contributed by atoms with Gasteiger partial charge in [-0.3, -0.25) is 4.79 Å². The van der Waals surface area contributed by atoms with Gasteiger partial charge in [-0.2, -0.15) is 0 Å². The third-order valence-electron chi connectivity index (χ3n) is 4.06. The van der Waals surface area contributed by atoms with Crippen molar-refractivity contribution in [2.75, 3.05) is 6.54 Å². The van der Waals surface area contributed by atoms with Crippen molar-refractivity contribution in [2.45, 2.75) is 26.3 Å². The fourth-order valence-corrected chi connectivity index (χ4v) is 3.36. The van der Waals surface area contributed by atoms with Crippen molar-refractivity contribution in [3.05, 3.63) is 63.9 Å². The van der Waals surface area contributed by atoms with Gasteiger partial charge in [0.15, 0.2) is 0 Å². The van der Waals surface area contributed by atoms with Gasteiger partial charge in [0.2, 0.25) is 5.91 Å². The van der Waals surface area contributed by atoms with Gasteiger partial charge in [0.05, 0.1) is 17.6 Å². The van der Waals surface area contributed by atoms with Crippen LogP contribution in [0.3, 0.4) is 0 Å². The summed E-state index contributed by atoms with van der Waals surface area (Å²) < 4.78 is 2.15. The van der Waals surface area contributed by atoms with Crippen molar-refractivity contribution < 1.29 is 4.79 Å². The number of hydrogen-bond donors (Lipinski definition) is 1. The van der Waals surface area contributed by atoms with Gasteiger partial charge in [-0.1, -0.05) is 41.4 Å². The van der Waals surface area contributed by atoms with Gasteiger partial charge in [0.25, 0.3) is 0 Å². The van der Waals surface area contributed by atoms with Crippen LogP contribution in [0.5, 0.6) is 0 Å². The number of aromatic nitrogens is 2. The molecule has 0 saturated carbocycles. The highest BCUT2D eigenvalue weighted by Crippen LogP contribution is 2.27. The predicted molar refractivity (Wildman–Crippen MR) is 102 cm³/mol. The summed E-state index contributed by atoms with van der Waals surface area (Å²) in [5.74, 6) is 0.943. The van der Waals surface area contributed by atoms with Crippen molar-refractivity contribution in [1.82, 2.24) is 14.9 Å². The highest BCUT2D eigenvalue weighted by molar-refractivity contribution is 6.36. The molecule has 0 aliphatic heterocycles. The quantitative estimate of drug-likeness (QED) is 0.646. The summed E-state index contributed by atoms with van der Waals surface area (Å²) in [6.07, 6.45) is 1.58. The molecule has 0 fully saturated rings. The first-order chi connectivity index (χ1) is 12.1. The number of nitrogens with one attached hydrogen (secondary N) is 1. The van der Waals surface area contributed by atoms with Crippen LogP contribution in [0, 0.1) is 0 Å². The fraction of sp³-hybridized carbons (Fsp3) is 0.263. The number of imidazole rings is 1. The highest BCUT2D eigenvalue weighted by Gasteiger charge is 2.14. The van der Waals surface area contributed by atoms with Crippen molar-refractivity contribution in [2.24, 2.45) is 0 Å². The van der Waals surface area contributed by atoms with E-state index < -0.39 is 0 Å². The fourth-order valence-electron chi connectivity index (χ4n) is 2.85. The number of fused-ring (bicyclic) bond motifs is 1. The van der Waals surface area contributed by atoms with E-state index in [4.69, 9.17) is 28.2 Å². The Morgan fingerprint density at radius 2 is 1.84 bits per heavy atom. The summed E-state index contributed by atoms with van der Waals surface area (Å²) in [6, 6.07) is 13.5.